The lowest BCUT2D eigenvalue weighted by Crippen LogP contribution is -2.35. The van der Waals surface area contributed by atoms with E-state index in [0.717, 1.165) is 5.39 Å². The van der Waals surface area contributed by atoms with Crippen molar-refractivity contribution >= 4 is 34.4 Å². The van der Waals surface area contributed by atoms with Crippen LogP contribution in [0.4, 0.5) is 0 Å². The topological polar surface area (TPSA) is 76.5 Å². The number of aryl methyl sites for hydroxylation is 1. The van der Waals surface area contributed by atoms with E-state index in [1.165, 1.54) is 11.9 Å². The number of nitrogens with zero attached hydrogens (tertiary/aromatic N) is 1. The van der Waals surface area contributed by atoms with E-state index in [4.69, 9.17) is 21.8 Å². The molecule has 0 saturated carbocycles. The van der Waals surface area contributed by atoms with E-state index in [9.17, 15) is 9.59 Å². The zero-order valence-electron chi connectivity index (χ0n) is 10.6. The quantitative estimate of drug-likeness (QED) is 0.933. The predicted octanol–water partition coefficient (Wildman–Crippen LogP) is 1.95. The Morgan fingerprint density at radius 3 is 2.74 bits per heavy atom. The molecule has 0 radical (unpaired) electrons. The van der Waals surface area contributed by atoms with Crippen molar-refractivity contribution in [3.8, 4) is 0 Å². The van der Waals surface area contributed by atoms with Crippen molar-refractivity contribution < 1.29 is 14.0 Å². The van der Waals surface area contributed by atoms with Gasteiger partial charge in [0.15, 0.2) is 5.76 Å². The van der Waals surface area contributed by atoms with Gasteiger partial charge >= 0.3 is 0 Å². The van der Waals surface area contributed by atoms with Crippen LogP contribution in [0.25, 0.3) is 11.0 Å². The number of hydrogen-bond acceptors (Lipinski definition) is 3. The number of nitrogens with two attached hydrogens (primary N) is 1. The van der Waals surface area contributed by atoms with Gasteiger partial charge in [0.2, 0.25) is 5.91 Å². The lowest BCUT2D eigenvalue weighted by atomic mass is 10.1. The second-order valence-corrected chi connectivity index (χ2v) is 4.76. The van der Waals surface area contributed by atoms with Crippen molar-refractivity contribution in [2.75, 3.05) is 13.6 Å². The lowest BCUT2D eigenvalue weighted by molar-refractivity contribution is -0.118. The van der Waals surface area contributed by atoms with Gasteiger partial charge in [-0.15, -0.1) is 0 Å². The molecule has 100 valence electrons. The first-order chi connectivity index (χ1) is 8.90. The van der Waals surface area contributed by atoms with E-state index in [-0.39, 0.29) is 18.2 Å². The smallest absolute Gasteiger partial charge is 0.290 e. The molecule has 1 heterocycles. The first-order valence-corrected chi connectivity index (χ1v) is 6.00. The third-order valence-electron chi connectivity index (χ3n) is 2.83. The third kappa shape index (κ3) is 2.56. The molecule has 0 aliphatic heterocycles. The van der Waals surface area contributed by atoms with Crippen molar-refractivity contribution in [3.05, 3.63) is 34.5 Å². The van der Waals surface area contributed by atoms with E-state index in [1.54, 1.807) is 25.1 Å². The number of hydrogen-bond donors (Lipinski definition) is 1. The molecular weight excluding hydrogens is 268 g/mol. The second-order valence-electron chi connectivity index (χ2n) is 4.32. The fourth-order valence-electron chi connectivity index (χ4n) is 1.88. The Kier molecular flexibility index (Phi) is 3.48. The van der Waals surface area contributed by atoms with Crippen LogP contribution in [-0.2, 0) is 4.79 Å². The molecule has 19 heavy (non-hydrogen) atoms. The van der Waals surface area contributed by atoms with Crippen LogP contribution in [-0.4, -0.2) is 30.3 Å². The normalized spacial score (nSPS) is 10.7. The summed E-state index contributed by atoms with van der Waals surface area (Å²) in [6.07, 6.45) is 0. The molecule has 0 spiro atoms. The van der Waals surface area contributed by atoms with E-state index in [2.05, 4.69) is 0 Å². The standard InChI is InChI=1S/C13H13ClN2O3/c1-7-9-5-8(14)3-4-10(9)19-12(7)13(18)16(2)6-11(15)17/h3-5H,6H2,1-2H3,(H2,15,17). The van der Waals surface area contributed by atoms with E-state index in [1.807, 2.05) is 0 Å². The molecule has 2 N–H and O–H groups in total. The van der Waals surface area contributed by atoms with Gasteiger partial charge < -0.3 is 15.1 Å². The minimum atomic E-state index is -0.576. The molecule has 0 unspecified atom stereocenters. The molecule has 0 fully saturated rings. The molecule has 1 aromatic heterocycles. The van der Waals surface area contributed by atoms with E-state index in [0.29, 0.717) is 16.2 Å². The van der Waals surface area contributed by atoms with Crippen LogP contribution in [0.1, 0.15) is 16.1 Å². The zero-order chi connectivity index (χ0) is 14.2. The maximum absolute atomic E-state index is 12.1. The fraction of sp³-hybridized carbons (Fsp3) is 0.231. The molecule has 0 aliphatic carbocycles. The van der Waals surface area contributed by atoms with Crippen molar-refractivity contribution in [1.29, 1.82) is 0 Å². The Balaban J connectivity index is 2.42. The third-order valence-corrected chi connectivity index (χ3v) is 3.07. The molecule has 2 rings (SSSR count). The van der Waals surface area contributed by atoms with Crippen molar-refractivity contribution in [1.82, 2.24) is 4.90 Å². The summed E-state index contributed by atoms with van der Waals surface area (Å²) in [7, 11) is 1.49. The number of amides is 2. The lowest BCUT2D eigenvalue weighted by Gasteiger charge is -2.13. The van der Waals surface area contributed by atoms with Gasteiger partial charge in [0.05, 0.1) is 6.54 Å². The first-order valence-electron chi connectivity index (χ1n) is 5.62. The highest BCUT2D eigenvalue weighted by Gasteiger charge is 2.21. The Morgan fingerprint density at radius 1 is 1.42 bits per heavy atom. The van der Waals surface area contributed by atoms with E-state index < -0.39 is 5.91 Å². The van der Waals surface area contributed by atoms with Crippen molar-refractivity contribution in [2.45, 2.75) is 6.92 Å². The Hall–Kier alpha value is -2.01. The molecule has 0 bridgehead atoms. The highest BCUT2D eigenvalue weighted by Crippen LogP contribution is 2.28. The number of halogens is 1. The number of primary amides is 1. The Labute approximate surface area is 114 Å². The SMILES string of the molecule is Cc1c(C(=O)N(C)CC(N)=O)oc2ccc(Cl)cc12. The van der Waals surface area contributed by atoms with Gasteiger partial charge in [-0.1, -0.05) is 11.6 Å². The molecule has 0 saturated heterocycles. The molecule has 2 aromatic rings. The van der Waals surface area contributed by atoms with Gasteiger partial charge in [0.1, 0.15) is 5.58 Å². The minimum Gasteiger partial charge on any atom is -0.451 e. The minimum absolute atomic E-state index is 0.157. The van der Waals surface area contributed by atoms with Crippen LogP contribution in [0.2, 0.25) is 5.02 Å². The molecule has 2 amide bonds. The summed E-state index contributed by atoms with van der Waals surface area (Å²) in [5.41, 5.74) is 6.34. The fourth-order valence-corrected chi connectivity index (χ4v) is 2.05. The number of fused-ring (bicyclic) bond motifs is 1. The summed E-state index contributed by atoms with van der Waals surface area (Å²) in [6, 6.07) is 5.13. The second kappa shape index (κ2) is 4.93. The summed E-state index contributed by atoms with van der Waals surface area (Å²) in [5, 5.41) is 1.35. The summed E-state index contributed by atoms with van der Waals surface area (Å²) in [5.74, 6) is -0.766. The van der Waals surface area contributed by atoms with Crippen LogP contribution < -0.4 is 5.73 Å². The predicted molar refractivity (Wildman–Crippen MR) is 72.1 cm³/mol. The number of likely N-dealkylation sites (N-methyl/N-ethyl adjacent to an activating group) is 1. The van der Waals surface area contributed by atoms with Crippen LogP contribution >= 0.6 is 11.6 Å². The first kappa shape index (κ1) is 13.4. The largest absolute Gasteiger partial charge is 0.451 e. The van der Waals surface area contributed by atoms with Crippen LogP contribution in [0, 0.1) is 6.92 Å². The maximum Gasteiger partial charge on any atom is 0.290 e. The summed E-state index contributed by atoms with van der Waals surface area (Å²) >= 11 is 5.91. The molecule has 6 heteroatoms. The summed E-state index contributed by atoms with van der Waals surface area (Å²) in [4.78, 5) is 24.2. The van der Waals surface area contributed by atoms with Gasteiger partial charge in [-0.05, 0) is 25.1 Å². The van der Waals surface area contributed by atoms with Crippen molar-refractivity contribution in [3.63, 3.8) is 0 Å². The molecular formula is C13H13ClN2O3. The highest BCUT2D eigenvalue weighted by atomic mass is 35.5. The van der Waals surface area contributed by atoms with Gasteiger partial charge in [-0.2, -0.15) is 0 Å². The van der Waals surface area contributed by atoms with Gasteiger partial charge in [0.25, 0.3) is 5.91 Å². The summed E-state index contributed by atoms with van der Waals surface area (Å²) in [6.45, 7) is 1.61. The van der Waals surface area contributed by atoms with E-state index >= 15 is 0 Å². The molecule has 0 aliphatic rings. The molecule has 1 aromatic carbocycles. The summed E-state index contributed by atoms with van der Waals surface area (Å²) < 4.78 is 5.52. The highest BCUT2D eigenvalue weighted by molar-refractivity contribution is 6.31. The van der Waals surface area contributed by atoms with Crippen LogP contribution in [0.3, 0.4) is 0 Å². The molecule has 0 atom stereocenters. The number of carbonyl (C=O) groups excluding carboxylic acids is 2. The average molecular weight is 281 g/mol. The van der Waals surface area contributed by atoms with Gasteiger partial charge in [0, 0.05) is 23.0 Å². The number of benzene rings is 1. The Morgan fingerprint density at radius 2 is 2.11 bits per heavy atom. The monoisotopic (exact) mass is 280 g/mol. The zero-order valence-corrected chi connectivity index (χ0v) is 11.3. The average Bonchev–Trinajstić information content (AvgIpc) is 2.65. The van der Waals surface area contributed by atoms with Gasteiger partial charge in [-0.3, -0.25) is 9.59 Å². The van der Waals surface area contributed by atoms with Crippen LogP contribution in [0.15, 0.2) is 22.6 Å². The van der Waals surface area contributed by atoms with Crippen LogP contribution in [0.5, 0.6) is 0 Å². The number of rotatable bonds is 3. The molecule has 5 nitrogen and oxygen atoms in total. The number of furan rings is 1. The van der Waals surface area contributed by atoms with Crippen molar-refractivity contribution in [2.24, 2.45) is 5.73 Å². The van der Waals surface area contributed by atoms with Gasteiger partial charge in [-0.25, -0.2) is 0 Å². The maximum atomic E-state index is 12.1. The number of carbonyl (C=O) groups is 2. The Bertz CT molecular complexity index is 663.